The van der Waals surface area contributed by atoms with E-state index in [0.717, 1.165) is 6.04 Å². The molecule has 3 aliphatic rings. The monoisotopic (exact) mass is 279 g/mol. The van der Waals surface area contributed by atoms with Crippen molar-refractivity contribution in [3.05, 3.63) is 0 Å². The van der Waals surface area contributed by atoms with Crippen molar-refractivity contribution in [2.75, 3.05) is 19.6 Å². The summed E-state index contributed by atoms with van der Waals surface area (Å²) >= 11 is 0. The van der Waals surface area contributed by atoms with E-state index in [0.29, 0.717) is 23.5 Å². The molecule has 3 nitrogen and oxygen atoms in total. The Morgan fingerprint density at radius 2 is 1.90 bits per heavy atom. The van der Waals surface area contributed by atoms with Crippen LogP contribution in [0.15, 0.2) is 0 Å². The van der Waals surface area contributed by atoms with Gasteiger partial charge in [0, 0.05) is 37.3 Å². The normalized spacial score (nSPS) is 43.2. The van der Waals surface area contributed by atoms with Crippen LogP contribution in [-0.2, 0) is 0 Å². The zero-order valence-corrected chi connectivity index (χ0v) is 13.6. The SMILES string of the molecule is CC1CN2CCCCC2CN1C1CC(C)(C)CCC1N. The number of piperidine rings is 1. The van der Waals surface area contributed by atoms with Crippen LogP contribution < -0.4 is 5.73 Å². The Morgan fingerprint density at radius 3 is 2.70 bits per heavy atom. The first-order valence-electron chi connectivity index (χ1n) is 8.72. The summed E-state index contributed by atoms with van der Waals surface area (Å²) < 4.78 is 0. The molecule has 1 aliphatic carbocycles. The maximum atomic E-state index is 6.51. The molecule has 4 unspecified atom stereocenters. The van der Waals surface area contributed by atoms with Crippen molar-refractivity contribution >= 4 is 0 Å². The molecule has 0 amide bonds. The van der Waals surface area contributed by atoms with E-state index in [9.17, 15) is 0 Å². The van der Waals surface area contributed by atoms with E-state index in [1.165, 1.54) is 58.2 Å². The molecule has 4 atom stereocenters. The third kappa shape index (κ3) is 2.90. The van der Waals surface area contributed by atoms with Crippen LogP contribution in [0.3, 0.4) is 0 Å². The summed E-state index contributed by atoms with van der Waals surface area (Å²) in [5.74, 6) is 0. The van der Waals surface area contributed by atoms with Gasteiger partial charge < -0.3 is 5.73 Å². The van der Waals surface area contributed by atoms with Gasteiger partial charge in [0.05, 0.1) is 0 Å². The number of nitrogens with zero attached hydrogens (tertiary/aromatic N) is 2. The fourth-order valence-electron chi connectivity index (χ4n) is 4.77. The topological polar surface area (TPSA) is 32.5 Å². The quantitative estimate of drug-likeness (QED) is 0.800. The van der Waals surface area contributed by atoms with Gasteiger partial charge in [0.25, 0.3) is 0 Å². The van der Waals surface area contributed by atoms with Gasteiger partial charge >= 0.3 is 0 Å². The van der Waals surface area contributed by atoms with Crippen LogP contribution in [0.2, 0.25) is 0 Å². The molecule has 2 aliphatic heterocycles. The first-order valence-corrected chi connectivity index (χ1v) is 8.72. The van der Waals surface area contributed by atoms with Gasteiger partial charge in [0.1, 0.15) is 0 Å². The molecule has 0 aromatic rings. The Labute approximate surface area is 124 Å². The maximum Gasteiger partial charge on any atom is 0.0256 e. The molecular weight excluding hydrogens is 246 g/mol. The highest BCUT2D eigenvalue weighted by molar-refractivity contribution is 4.98. The maximum absolute atomic E-state index is 6.51. The van der Waals surface area contributed by atoms with Crippen molar-refractivity contribution in [1.82, 2.24) is 9.80 Å². The Morgan fingerprint density at radius 1 is 1.10 bits per heavy atom. The summed E-state index contributed by atoms with van der Waals surface area (Å²) in [6, 6.07) is 2.48. The molecule has 2 saturated heterocycles. The first-order chi connectivity index (χ1) is 9.46. The molecule has 0 bridgehead atoms. The van der Waals surface area contributed by atoms with Crippen LogP contribution in [0, 0.1) is 5.41 Å². The van der Waals surface area contributed by atoms with Crippen molar-refractivity contribution in [2.24, 2.45) is 11.1 Å². The van der Waals surface area contributed by atoms with E-state index in [1.54, 1.807) is 0 Å². The van der Waals surface area contributed by atoms with Gasteiger partial charge in [0.15, 0.2) is 0 Å². The predicted molar refractivity (Wildman–Crippen MR) is 84.8 cm³/mol. The molecule has 0 spiro atoms. The number of hydrogen-bond acceptors (Lipinski definition) is 3. The number of hydrogen-bond donors (Lipinski definition) is 1. The summed E-state index contributed by atoms with van der Waals surface area (Å²) in [5.41, 5.74) is 6.98. The lowest BCUT2D eigenvalue weighted by atomic mass is 9.72. The van der Waals surface area contributed by atoms with Crippen LogP contribution in [-0.4, -0.2) is 53.6 Å². The second kappa shape index (κ2) is 5.58. The third-order valence-corrected chi connectivity index (χ3v) is 6.07. The highest BCUT2D eigenvalue weighted by Crippen LogP contribution is 2.38. The van der Waals surface area contributed by atoms with Gasteiger partial charge in [-0.3, -0.25) is 9.80 Å². The molecule has 3 rings (SSSR count). The van der Waals surface area contributed by atoms with Crippen molar-refractivity contribution < 1.29 is 0 Å². The molecule has 3 fully saturated rings. The van der Waals surface area contributed by atoms with E-state index < -0.39 is 0 Å². The molecule has 3 heteroatoms. The van der Waals surface area contributed by atoms with Crippen molar-refractivity contribution in [1.29, 1.82) is 0 Å². The smallest absolute Gasteiger partial charge is 0.0256 e. The molecule has 116 valence electrons. The van der Waals surface area contributed by atoms with Crippen LogP contribution in [0.5, 0.6) is 0 Å². The van der Waals surface area contributed by atoms with Crippen molar-refractivity contribution in [2.45, 2.75) is 83.5 Å². The molecule has 0 aromatic heterocycles. The largest absolute Gasteiger partial charge is 0.326 e. The minimum Gasteiger partial charge on any atom is -0.326 e. The fourth-order valence-corrected chi connectivity index (χ4v) is 4.77. The van der Waals surface area contributed by atoms with Crippen LogP contribution in [0.1, 0.15) is 59.3 Å². The van der Waals surface area contributed by atoms with Crippen LogP contribution in [0.4, 0.5) is 0 Å². The molecule has 2 N–H and O–H groups in total. The summed E-state index contributed by atoms with van der Waals surface area (Å²) in [5, 5.41) is 0. The van der Waals surface area contributed by atoms with Gasteiger partial charge in [-0.1, -0.05) is 20.3 Å². The van der Waals surface area contributed by atoms with Crippen molar-refractivity contribution in [3.63, 3.8) is 0 Å². The lowest BCUT2D eigenvalue weighted by Crippen LogP contribution is -2.65. The van der Waals surface area contributed by atoms with E-state index in [1.807, 2.05) is 0 Å². The Hall–Kier alpha value is -0.120. The Balaban J connectivity index is 1.71. The number of nitrogens with two attached hydrogens (primary N) is 1. The molecule has 0 radical (unpaired) electrons. The predicted octanol–water partition coefficient (Wildman–Crippen LogP) is 2.45. The van der Waals surface area contributed by atoms with Crippen LogP contribution >= 0.6 is 0 Å². The minimum absolute atomic E-state index is 0.389. The standard InChI is InChI=1S/C17H33N3/c1-13-11-19-9-5-4-6-14(19)12-20(13)16-10-17(2,3)8-7-15(16)18/h13-16H,4-12,18H2,1-3H3. The van der Waals surface area contributed by atoms with E-state index in [2.05, 4.69) is 30.6 Å². The second-order valence-corrected chi connectivity index (χ2v) is 8.33. The third-order valence-electron chi connectivity index (χ3n) is 6.07. The van der Waals surface area contributed by atoms with E-state index in [-0.39, 0.29) is 0 Å². The molecule has 20 heavy (non-hydrogen) atoms. The zero-order valence-electron chi connectivity index (χ0n) is 13.6. The average molecular weight is 279 g/mol. The Kier molecular flexibility index (Phi) is 4.13. The fraction of sp³-hybridized carbons (Fsp3) is 1.00. The molecule has 2 heterocycles. The van der Waals surface area contributed by atoms with Gasteiger partial charge in [-0.2, -0.15) is 0 Å². The molecule has 1 saturated carbocycles. The van der Waals surface area contributed by atoms with Crippen molar-refractivity contribution in [3.8, 4) is 0 Å². The van der Waals surface area contributed by atoms with Gasteiger partial charge in [-0.15, -0.1) is 0 Å². The Bertz CT molecular complexity index is 341. The number of rotatable bonds is 1. The first kappa shape index (κ1) is 14.8. The highest BCUT2D eigenvalue weighted by Gasteiger charge is 2.42. The van der Waals surface area contributed by atoms with Gasteiger partial charge in [-0.05, 0) is 51.0 Å². The number of fused-ring (bicyclic) bond motifs is 1. The summed E-state index contributed by atoms with van der Waals surface area (Å²) in [6.07, 6.45) is 8.00. The summed E-state index contributed by atoms with van der Waals surface area (Å²) in [7, 11) is 0. The summed E-state index contributed by atoms with van der Waals surface area (Å²) in [6.45, 7) is 11.1. The van der Waals surface area contributed by atoms with Crippen LogP contribution in [0.25, 0.3) is 0 Å². The van der Waals surface area contributed by atoms with E-state index in [4.69, 9.17) is 5.73 Å². The van der Waals surface area contributed by atoms with E-state index >= 15 is 0 Å². The minimum atomic E-state index is 0.389. The molecular formula is C17H33N3. The second-order valence-electron chi connectivity index (χ2n) is 8.33. The summed E-state index contributed by atoms with van der Waals surface area (Å²) in [4.78, 5) is 5.52. The number of piperazine rings is 1. The highest BCUT2D eigenvalue weighted by atomic mass is 15.3. The zero-order chi connectivity index (χ0) is 14.3. The average Bonchev–Trinajstić information content (AvgIpc) is 2.41. The lowest BCUT2D eigenvalue weighted by molar-refractivity contribution is -0.0345. The van der Waals surface area contributed by atoms with Gasteiger partial charge in [-0.25, -0.2) is 0 Å². The molecule has 0 aromatic carbocycles. The lowest BCUT2D eigenvalue weighted by Gasteiger charge is -2.53. The van der Waals surface area contributed by atoms with Gasteiger partial charge in [0.2, 0.25) is 0 Å².